The van der Waals surface area contributed by atoms with E-state index < -0.39 is 66.7 Å². The summed E-state index contributed by atoms with van der Waals surface area (Å²) in [6.45, 7) is -0.0880. The Bertz CT molecular complexity index is 1330. The molecule has 2 heterocycles. The highest BCUT2D eigenvalue weighted by atomic mass is 16.4. The van der Waals surface area contributed by atoms with Gasteiger partial charge in [-0.1, -0.05) is 35.5 Å². The van der Waals surface area contributed by atoms with E-state index in [4.69, 9.17) is 17.2 Å². The number of hydrogen-bond donors (Lipinski definition) is 8. The van der Waals surface area contributed by atoms with E-state index in [1.54, 1.807) is 0 Å². The summed E-state index contributed by atoms with van der Waals surface area (Å²) in [5.74, 6) is -4.22. The van der Waals surface area contributed by atoms with E-state index in [1.807, 2.05) is 30.3 Å². The zero-order valence-corrected chi connectivity index (χ0v) is 24.1. The van der Waals surface area contributed by atoms with E-state index in [2.05, 4.69) is 36.6 Å². The van der Waals surface area contributed by atoms with Crippen molar-refractivity contribution in [3.8, 4) is 0 Å². The number of carboxylic acids is 1. The van der Waals surface area contributed by atoms with Crippen molar-refractivity contribution < 1.29 is 29.1 Å². The van der Waals surface area contributed by atoms with Crippen molar-refractivity contribution in [3.63, 3.8) is 0 Å². The average molecular weight is 614 g/mol. The molecule has 0 aliphatic carbocycles. The zero-order chi connectivity index (χ0) is 32.1. The van der Waals surface area contributed by atoms with Crippen LogP contribution < -0.4 is 38.5 Å². The lowest BCUT2D eigenvalue weighted by molar-refractivity contribution is -0.141. The van der Waals surface area contributed by atoms with Gasteiger partial charge in [-0.3, -0.25) is 29.0 Å². The number of nitrogens with zero attached hydrogens (tertiary/aromatic N) is 4. The molecule has 4 amide bonds. The number of fused-ring (bicyclic) bond motifs is 2. The van der Waals surface area contributed by atoms with Gasteiger partial charge < -0.3 is 43.6 Å². The van der Waals surface area contributed by atoms with Crippen molar-refractivity contribution in [2.45, 2.75) is 62.7 Å². The van der Waals surface area contributed by atoms with Crippen LogP contribution in [0.25, 0.3) is 0 Å². The Balaban J connectivity index is 2.01. The first-order valence-corrected chi connectivity index (χ1v) is 14.2. The summed E-state index contributed by atoms with van der Waals surface area (Å²) >= 11 is 0. The van der Waals surface area contributed by atoms with Crippen molar-refractivity contribution in [2.75, 3.05) is 19.6 Å². The second-order valence-corrected chi connectivity index (χ2v) is 10.3. The molecule has 238 valence electrons. The molecule has 0 radical (unpaired) electrons. The molecular weight excluding hydrogens is 574 g/mol. The van der Waals surface area contributed by atoms with Crippen LogP contribution in [0.15, 0.2) is 41.5 Å². The van der Waals surface area contributed by atoms with Gasteiger partial charge in [-0.25, -0.2) is 4.68 Å². The van der Waals surface area contributed by atoms with Gasteiger partial charge in [0, 0.05) is 6.54 Å². The van der Waals surface area contributed by atoms with Gasteiger partial charge in [-0.15, -0.1) is 5.10 Å². The smallest absolute Gasteiger partial charge is 0.305 e. The molecule has 0 saturated carbocycles. The van der Waals surface area contributed by atoms with Crippen LogP contribution in [-0.4, -0.2) is 87.4 Å². The lowest BCUT2D eigenvalue weighted by Crippen LogP contribution is -2.53. The number of hydrogen-bond acceptors (Lipinski definition) is 9. The second-order valence-electron chi connectivity index (χ2n) is 10.3. The maximum atomic E-state index is 13.6. The van der Waals surface area contributed by atoms with E-state index in [-0.39, 0.29) is 31.8 Å². The topological polar surface area (TPSA) is 275 Å². The molecule has 2 bridgehead atoms. The Hall–Kier alpha value is -5.06. The quantitative estimate of drug-likeness (QED) is 0.0750. The minimum atomic E-state index is -1.45. The molecule has 0 spiro atoms. The molecule has 1 aromatic carbocycles. The molecule has 2 aromatic rings. The molecule has 0 fully saturated rings. The molecule has 1 aromatic heterocycles. The van der Waals surface area contributed by atoms with Crippen LogP contribution in [-0.2, 0) is 30.4 Å². The first-order chi connectivity index (χ1) is 21.1. The summed E-state index contributed by atoms with van der Waals surface area (Å²) in [4.78, 5) is 68.2. The predicted octanol–water partition coefficient (Wildman–Crippen LogP) is -2.41. The van der Waals surface area contributed by atoms with Gasteiger partial charge in [0.1, 0.15) is 23.8 Å². The van der Waals surface area contributed by atoms with Crippen molar-refractivity contribution in [3.05, 3.63) is 47.8 Å². The third-order valence-electron chi connectivity index (χ3n) is 6.82. The van der Waals surface area contributed by atoms with Crippen molar-refractivity contribution in [2.24, 2.45) is 22.2 Å². The fraction of sp³-hybridized carbons (Fsp3) is 0.481. The Kier molecular flexibility index (Phi) is 12.6. The van der Waals surface area contributed by atoms with E-state index in [0.29, 0.717) is 25.1 Å². The number of carbonyl (C=O) groups excluding carboxylic acids is 4. The largest absolute Gasteiger partial charge is 0.481 e. The molecule has 17 nitrogen and oxygen atoms in total. The summed E-state index contributed by atoms with van der Waals surface area (Å²) in [6, 6.07) is 4.95. The number of guanidine groups is 1. The summed E-state index contributed by atoms with van der Waals surface area (Å²) in [5, 5.41) is 28.1. The monoisotopic (exact) mass is 613 g/mol. The highest BCUT2D eigenvalue weighted by Crippen LogP contribution is 2.21. The molecule has 11 N–H and O–H groups in total. The van der Waals surface area contributed by atoms with E-state index in [0.717, 1.165) is 5.56 Å². The average Bonchev–Trinajstić information content (AvgIpc) is 3.46. The maximum absolute atomic E-state index is 13.6. The number of carbonyl (C=O) groups is 5. The van der Waals surface area contributed by atoms with Crippen LogP contribution in [0, 0.1) is 0 Å². The van der Waals surface area contributed by atoms with Gasteiger partial charge >= 0.3 is 5.97 Å². The Labute approximate surface area is 253 Å². The number of aliphatic carboxylic acids is 1. The summed E-state index contributed by atoms with van der Waals surface area (Å²) in [5.41, 5.74) is 17.6. The normalized spacial score (nSPS) is 21.4. The van der Waals surface area contributed by atoms with Gasteiger partial charge in [0.05, 0.1) is 25.2 Å². The van der Waals surface area contributed by atoms with Crippen molar-refractivity contribution >= 4 is 35.6 Å². The van der Waals surface area contributed by atoms with Gasteiger partial charge in [0.25, 0.3) is 0 Å². The van der Waals surface area contributed by atoms with Gasteiger partial charge in [-0.05, 0) is 44.2 Å². The summed E-state index contributed by atoms with van der Waals surface area (Å²) in [7, 11) is 0. The highest BCUT2D eigenvalue weighted by Gasteiger charge is 2.31. The molecule has 44 heavy (non-hydrogen) atoms. The van der Waals surface area contributed by atoms with Gasteiger partial charge in [0.2, 0.25) is 23.6 Å². The standard InChI is InChI=1S/C27H39N11O6/c28-10-4-9-21-26(44)34-17(8-5-11-31-27(29)30)24(42)32-14-22(39)33-19(13-23(40)41)25(43)35-18(20-15-38(21)37-36-20)12-16-6-2-1-3-7-16/h1-3,6-7,15,17-19,21H,4-5,8-14,28H2,(H,32,42)(H,33,39)(H,34,44)(H,35,43)(H,40,41)(H4,29,30,31)/t17-,18-,19?,21-/m0/s1. The van der Waals surface area contributed by atoms with Gasteiger partial charge in [-0.2, -0.15) is 0 Å². The fourth-order valence-corrected chi connectivity index (χ4v) is 4.61. The minimum Gasteiger partial charge on any atom is -0.481 e. The Morgan fingerprint density at radius 2 is 1.68 bits per heavy atom. The van der Waals surface area contributed by atoms with E-state index in [1.165, 1.54) is 10.9 Å². The van der Waals surface area contributed by atoms with Crippen molar-refractivity contribution in [1.29, 1.82) is 0 Å². The summed E-state index contributed by atoms with van der Waals surface area (Å²) < 4.78 is 1.35. The minimum absolute atomic E-state index is 0.123. The number of nitrogens with one attached hydrogen (secondary N) is 4. The molecule has 3 rings (SSSR count). The van der Waals surface area contributed by atoms with E-state index >= 15 is 0 Å². The van der Waals surface area contributed by atoms with Crippen LogP contribution in [0.2, 0.25) is 0 Å². The molecule has 0 saturated heterocycles. The first-order valence-electron chi connectivity index (χ1n) is 14.2. The number of amides is 4. The third-order valence-corrected chi connectivity index (χ3v) is 6.82. The third kappa shape index (κ3) is 10.3. The second kappa shape index (κ2) is 16.5. The first kappa shape index (κ1) is 33.4. The maximum Gasteiger partial charge on any atom is 0.305 e. The van der Waals surface area contributed by atoms with Gasteiger partial charge in [0.15, 0.2) is 5.96 Å². The molecule has 1 aliphatic heterocycles. The lowest BCUT2D eigenvalue weighted by atomic mass is 10.0. The molecule has 1 unspecified atom stereocenters. The Morgan fingerprint density at radius 1 is 0.955 bits per heavy atom. The van der Waals surface area contributed by atoms with Crippen molar-refractivity contribution in [1.82, 2.24) is 36.3 Å². The SMILES string of the molecule is NCCC[C@H]1C(=O)N[C@@H](CCCN=C(N)N)C(=O)NCC(=O)NC(CC(=O)O)C(=O)N[C@@H](Cc2ccccc2)c2cn1nn2. The molecule has 17 heteroatoms. The number of rotatable bonds is 11. The zero-order valence-electron chi connectivity index (χ0n) is 24.1. The molecule has 4 atom stereocenters. The molecule has 1 aliphatic rings. The van der Waals surface area contributed by atoms with Crippen LogP contribution in [0.4, 0.5) is 0 Å². The number of aliphatic imine (C=N–C) groups is 1. The summed E-state index contributed by atoms with van der Waals surface area (Å²) in [6.07, 6.45) is 2.24. The van der Waals surface area contributed by atoms with Crippen LogP contribution in [0.3, 0.4) is 0 Å². The van der Waals surface area contributed by atoms with Crippen LogP contribution >= 0.6 is 0 Å². The lowest BCUT2D eigenvalue weighted by Gasteiger charge is -2.24. The van der Waals surface area contributed by atoms with Crippen LogP contribution in [0.5, 0.6) is 0 Å². The number of carboxylic acid groups (broad SMARTS) is 1. The number of aromatic nitrogens is 3. The van der Waals surface area contributed by atoms with Crippen LogP contribution in [0.1, 0.15) is 55.4 Å². The fourth-order valence-electron chi connectivity index (χ4n) is 4.61. The number of benzene rings is 1. The molecular formula is C27H39N11O6. The Morgan fingerprint density at radius 3 is 2.36 bits per heavy atom. The number of nitrogens with two attached hydrogens (primary N) is 3. The van der Waals surface area contributed by atoms with E-state index in [9.17, 15) is 29.1 Å². The predicted molar refractivity (Wildman–Crippen MR) is 157 cm³/mol. The highest BCUT2D eigenvalue weighted by molar-refractivity contribution is 5.94.